The molecule has 0 atom stereocenters. The van der Waals surface area contributed by atoms with Crippen molar-refractivity contribution >= 4 is 27.7 Å². The number of hydrogen-bond donors (Lipinski definition) is 0. The molecule has 7 heteroatoms. The van der Waals surface area contributed by atoms with Gasteiger partial charge in [0.05, 0.1) is 6.33 Å². The molecule has 98 valence electrons. The zero-order valence-electron chi connectivity index (χ0n) is 11.9. The lowest BCUT2D eigenvalue weighted by Crippen LogP contribution is -2.33. The summed E-state index contributed by atoms with van der Waals surface area (Å²) in [6.07, 6.45) is 3.39. The average molecular weight is 280 g/mol. The highest BCUT2D eigenvalue weighted by molar-refractivity contribution is 6.75. The highest BCUT2D eigenvalue weighted by atomic mass is 28.4. The van der Waals surface area contributed by atoms with Gasteiger partial charge in [-0.3, -0.25) is 0 Å². The van der Waals surface area contributed by atoms with Crippen molar-refractivity contribution in [3.63, 3.8) is 0 Å². The fourth-order valence-electron chi connectivity index (χ4n) is 1.70. The van der Waals surface area contributed by atoms with Gasteiger partial charge in [0.2, 0.25) is 14.2 Å². The third-order valence-corrected chi connectivity index (χ3v) is 5.02. The van der Waals surface area contributed by atoms with Crippen molar-refractivity contribution in [2.75, 3.05) is 0 Å². The van der Waals surface area contributed by atoms with Crippen LogP contribution in [0.2, 0.25) is 39.3 Å². The van der Waals surface area contributed by atoms with Crippen LogP contribution in [0.25, 0.3) is 11.2 Å². The van der Waals surface area contributed by atoms with Gasteiger partial charge in [0, 0.05) is 0 Å². The van der Waals surface area contributed by atoms with Gasteiger partial charge in [-0.1, -0.05) is 19.6 Å². The maximum Gasteiger partial charge on any atom is 0.244 e. The van der Waals surface area contributed by atoms with Crippen LogP contribution in [-0.4, -0.2) is 35.7 Å². The van der Waals surface area contributed by atoms with Crippen LogP contribution in [0.15, 0.2) is 12.7 Å². The summed E-state index contributed by atoms with van der Waals surface area (Å²) in [5, 5.41) is 0. The Kier molecular flexibility index (Phi) is 3.06. The van der Waals surface area contributed by atoms with E-state index in [9.17, 15) is 0 Å². The van der Waals surface area contributed by atoms with E-state index in [1.54, 1.807) is 0 Å². The Morgan fingerprint density at radius 1 is 1.00 bits per heavy atom. The quantitative estimate of drug-likeness (QED) is 0.811. The lowest BCUT2D eigenvalue weighted by Gasteiger charge is -2.22. The van der Waals surface area contributed by atoms with Gasteiger partial charge in [-0.25, -0.2) is 15.0 Å². The zero-order chi connectivity index (χ0) is 13.6. The molecule has 5 nitrogen and oxygen atoms in total. The molecule has 0 aromatic carbocycles. The van der Waals surface area contributed by atoms with E-state index < -0.39 is 16.6 Å². The Hall–Kier alpha value is -1.22. The van der Waals surface area contributed by atoms with E-state index in [2.05, 4.69) is 58.5 Å². The van der Waals surface area contributed by atoms with Crippen LogP contribution >= 0.6 is 0 Å². The molecule has 0 aliphatic heterocycles. The lowest BCUT2D eigenvalue weighted by molar-refractivity contribution is 0.538. The molecule has 0 saturated carbocycles. The third-order valence-electron chi connectivity index (χ3n) is 2.43. The molecule has 0 amide bonds. The Bertz CT molecular complexity index is 568. The third kappa shape index (κ3) is 2.61. The summed E-state index contributed by atoms with van der Waals surface area (Å²) in [6.45, 7) is 13.2. The molecule has 0 unspecified atom stereocenters. The monoisotopic (exact) mass is 280 g/mol. The predicted octanol–water partition coefficient (Wildman–Crippen LogP) is 2.72. The molecule has 18 heavy (non-hydrogen) atoms. The number of nitrogens with zero attached hydrogens (tertiary/aromatic N) is 4. The van der Waals surface area contributed by atoms with E-state index in [1.807, 2.05) is 6.33 Å². The largest absolute Gasteiger partial charge is 0.530 e. The van der Waals surface area contributed by atoms with Gasteiger partial charge < -0.3 is 8.66 Å². The van der Waals surface area contributed by atoms with Gasteiger partial charge >= 0.3 is 0 Å². The molecular formula is C11H20N4OSi2. The Balaban J connectivity index is 2.63. The van der Waals surface area contributed by atoms with Crippen LogP contribution in [0, 0.1) is 0 Å². The van der Waals surface area contributed by atoms with Gasteiger partial charge in [-0.05, 0) is 19.6 Å². The van der Waals surface area contributed by atoms with Crippen LogP contribution in [0.4, 0.5) is 0 Å². The smallest absolute Gasteiger partial charge is 0.244 e. The van der Waals surface area contributed by atoms with Gasteiger partial charge in [-0.15, -0.1) is 0 Å². The maximum atomic E-state index is 6.06. The summed E-state index contributed by atoms with van der Waals surface area (Å²) in [5.41, 5.74) is 1.67. The molecule has 2 rings (SSSR count). The first-order valence-electron chi connectivity index (χ1n) is 6.06. The van der Waals surface area contributed by atoms with E-state index in [-0.39, 0.29) is 0 Å². The topological polar surface area (TPSA) is 52.8 Å². The molecule has 0 aliphatic rings. The molecule has 2 heterocycles. The predicted molar refractivity (Wildman–Crippen MR) is 78.0 cm³/mol. The molecule has 2 aromatic heterocycles. The first-order chi connectivity index (χ1) is 8.18. The normalized spacial score (nSPS) is 13.0. The molecule has 0 radical (unpaired) electrons. The van der Waals surface area contributed by atoms with Crippen molar-refractivity contribution in [1.82, 2.24) is 19.2 Å². The molecule has 0 N–H and O–H groups in total. The minimum atomic E-state index is -1.69. The van der Waals surface area contributed by atoms with Gasteiger partial charge in [0.1, 0.15) is 11.8 Å². The molecule has 0 bridgehead atoms. The fraction of sp³-hybridized carbons (Fsp3) is 0.545. The summed E-state index contributed by atoms with van der Waals surface area (Å²) >= 11 is 0. The summed E-state index contributed by atoms with van der Waals surface area (Å²) < 4.78 is 8.26. The first-order valence-corrected chi connectivity index (χ1v) is 12.9. The molecule has 0 saturated heterocycles. The summed E-state index contributed by atoms with van der Waals surface area (Å²) in [4.78, 5) is 12.9. The number of imidazole rings is 1. The van der Waals surface area contributed by atoms with E-state index in [0.29, 0.717) is 5.88 Å². The van der Waals surface area contributed by atoms with Crippen molar-refractivity contribution in [2.24, 2.45) is 0 Å². The van der Waals surface area contributed by atoms with Crippen molar-refractivity contribution < 1.29 is 4.43 Å². The van der Waals surface area contributed by atoms with Gasteiger partial charge in [0.15, 0.2) is 13.9 Å². The van der Waals surface area contributed by atoms with Crippen LogP contribution in [-0.2, 0) is 0 Å². The van der Waals surface area contributed by atoms with Crippen LogP contribution in [0.3, 0.4) is 0 Å². The second kappa shape index (κ2) is 4.16. The SMILES string of the molecule is C[Si](C)(C)Oc1ncnc2ncn([Si](C)(C)C)c12. The highest BCUT2D eigenvalue weighted by Gasteiger charge is 2.25. The van der Waals surface area contributed by atoms with E-state index in [0.717, 1.165) is 11.2 Å². The molecule has 0 spiro atoms. The molecule has 2 aromatic rings. The number of aromatic nitrogens is 4. The Labute approximate surface area is 109 Å². The van der Waals surface area contributed by atoms with Crippen molar-refractivity contribution in [1.29, 1.82) is 0 Å². The first kappa shape index (κ1) is 13.2. The summed E-state index contributed by atoms with van der Waals surface area (Å²) in [5.74, 6) is 0.680. The van der Waals surface area contributed by atoms with Crippen LogP contribution in [0.1, 0.15) is 0 Å². The lowest BCUT2D eigenvalue weighted by atomic mass is 10.5. The zero-order valence-corrected chi connectivity index (χ0v) is 13.9. The Morgan fingerprint density at radius 3 is 2.22 bits per heavy atom. The summed E-state index contributed by atoms with van der Waals surface area (Å²) in [6, 6.07) is 0. The fourth-order valence-corrected chi connectivity index (χ4v) is 3.70. The number of hydrogen-bond acceptors (Lipinski definition) is 4. The number of fused-ring (bicyclic) bond motifs is 1. The molecular weight excluding hydrogens is 260 g/mol. The van der Waals surface area contributed by atoms with Gasteiger partial charge in [0.25, 0.3) is 0 Å². The van der Waals surface area contributed by atoms with E-state index >= 15 is 0 Å². The van der Waals surface area contributed by atoms with Gasteiger partial charge in [-0.2, -0.15) is 0 Å². The van der Waals surface area contributed by atoms with E-state index in [1.165, 1.54) is 6.33 Å². The van der Waals surface area contributed by atoms with Crippen molar-refractivity contribution in [3.05, 3.63) is 12.7 Å². The molecule has 0 fully saturated rings. The van der Waals surface area contributed by atoms with E-state index in [4.69, 9.17) is 4.43 Å². The van der Waals surface area contributed by atoms with Crippen molar-refractivity contribution in [2.45, 2.75) is 39.3 Å². The Morgan fingerprint density at radius 2 is 1.67 bits per heavy atom. The second-order valence-electron chi connectivity index (χ2n) is 6.35. The number of rotatable bonds is 3. The second-order valence-corrected chi connectivity index (χ2v) is 15.6. The average Bonchev–Trinajstić information content (AvgIpc) is 2.58. The van der Waals surface area contributed by atoms with Crippen molar-refractivity contribution in [3.8, 4) is 5.88 Å². The highest BCUT2D eigenvalue weighted by Crippen LogP contribution is 2.25. The minimum absolute atomic E-state index is 0.680. The molecule has 0 aliphatic carbocycles. The minimum Gasteiger partial charge on any atom is -0.530 e. The van der Waals surface area contributed by atoms with Crippen LogP contribution < -0.4 is 4.43 Å². The maximum absolute atomic E-state index is 6.06. The van der Waals surface area contributed by atoms with Crippen LogP contribution in [0.5, 0.6) is 5.88 Å². The standard InChI is InChI=1S/C11H20N4OSi2/c1-17(2,3)15-8-14-10-9(15)11(13-7-12-10)16-18(4,5)6/h7-8H,1-6H3. The summed E-state index contributed by atoms with van der Waals surface area (Å²) in [7, 11) is -3.23.